The maximum atomic E-state index is 12.7. The number of sulfone groups is 1. The Morgan fingerprint density at radius 1 is 1.42 bits per heavy atom. The number of nitrogens with one attached hydrogen (secondary N) is 2. The minimum Gasteiger partial charge on any atom is -0.324 e. The smallest absolute Gasteiger partial charge is 0.324 e. The van der Waals surface area contributed by atoms with Gasteiger partial charge in [-0.25, -0.2) is 8.42 Å². The summed E-state index contributed by atoms with van der Waals surface area (Å²) >= 11 is 0. The number of para-hydroxylation sites is 1. The van der Waals surface area contributed by atoms with E-state index in [9.17, 15) is 22.0 Å². The van der Waals surface area contributed by atoms with E-state index in [0.717, 1.165) is 19.2 Å². The third-order valence-corrected chi connectivity index (χ3v) is 5.13. The van der Waals surface area contributed by atoms with Gasteiger partial charge in [0.15, 0.2) is 0 Å². The van der Waals surface area contributed by atoms with Crippen molar-refractivity contribution in [3.05, 3.63) is 24.3 Å². The van der Waals surface area contributed by atoms with Crippen molar-refractivity contribution in [2.75, 3.05) is 31.5 Å². The average Bonchev–Trinajstić information content (AvgIpc) is 2.50. The van der Waals surface area contributed by atoms with E-state index in [1.54, 1.807) is 0 Å². The lowest BCUT2D eigenvalue weighted by molar-refractivity contribution is -0.118. The van der Waals surface area contributed by atoms with E-state index >= 15 is 0 Å². The van der Waals surface area contributed by atoms with Crippen molar-refractivity contribution >= 4 is 33.8 Å². The normalized spacial score (nSPS) is 18.9. The lowest BCUT2D eigenvalue weighted by Gasteiger charge is -2.33. The van der Waals surface area contributed by atoms with E-state index in [1.807, 2.05) is 11.8 Å². The summed E-state index contributed by atoms with van der Waals surface area (Å²) in [6, 6.07) is 5.34. The first-order valence-corrected chi connectivity index (χ1v) is 8.72. The first kappa shape index (κ1) is 20.8. The van der Waals surface area contributed by atoms with Crippen LogP contribution in [0, 0.1) is 0 Å². The monoisotopic (exact) mass is 383 g/mol. The van der Waals surface area contributed by atoms with Crippen LogP contribution in [0.4, 0.5) is 14.5 Å². The van der Waals surface area contributed by atoms with Gasteiger partial charge in [-0.2, -0.15) is 8.78 Å². The summed E-state index contributed by atoms with van der Waals surface area (Å²) in [7, 11) is -4.77. The Hall–Kier alpha value is -1.29. The molecule has 2 N–H and O–H groups in total. The summed E-state index contributed by atoms with van der Waals surface area (Å²) in [5.41, 5.74) is -0.124. The second kappa shape index (κ2) is 8.70. The van der Waals surface area contributed by atoms with Gasteiger partial charge in [-0.3, -0.25) is 9.69 Å². The number of benzene rings is 1. The van der Waals surface area contributed by atoms with Crippen LogP contribution in [0.2, 0.25) is 0 Å². The number of hydrogen-bond donors (Lipinski definition) is 2. The van der Waals surface area contributed by atoms with Crippen LogP contribution in [0.1, 0.15) is 6.92 Å². The molecule has 24 heavy (non-hydrogen) atoms. The van der Waals surface area contributed by atoms with Gasteiger partial charge in [-0.15, -0.1) is 12.4 Å². The fraction of sp³-hybridized carbons (Fsp3) is 0.500. The number of carbonyl (C=O) groups excluding carboxylic acids is 1. The van der Waals surface area contributed by atoms with Crippen molar-refractivity contribution in [1.29, 1.82) is 0 Å². The van der Waals surface area contributed by atoms with Gasteiger partial charge in [-0.05, 0) is 19.1 Å². The summed E-state index contributed by atoms with van der Waals surface area (Å²) in [6.07, 6.45) is 0. The minimum atomic E-state index is -4.77. The van der Waals surface area contributed by atoms with Crippen molar-refractivity contribution in [3.63, 3.8) is 0 Å². The third kappa shape index (κ3) is 4.85. The molecular weight excluding hydrogens is 364 g/mol. The van der Waals surface area contributed by atoms with Gasteiger partial charge in [0.25, 0.3) is 0 Å². The topological polar surface area (TPSA) is 78.5 Å². The number of halogens is 3. The third-order valence-electron chi connectivity index (χ3n) is 3.69. The van der Waals surface area contributed by atoms with E-state index < -0.39 is 26.4 Å². The molecule has 10 heteroatoms. The zero-order valence-corrected chi connectivity index (χ0v) is 14.7. The van der Waals surface area contributed by atoms with Crippen molar-refractivity contribution in [1.82, 2.24) is 10.2 Å². The number of anilines is 1. The summed E-state index contributed by atoms with van der Waals surface area (Å²) in [4.78, 5) is 13.5. The van der Waals surface area contributed by atoms with Gasteiger partial charge in [-0.1, -0.05) is 12.1 Å². The molecule has 1 heterocycles. The van der Waals surface area contributed by atoms with E-state index in [1.165, 1.54) is 18.2 Å². The van der Waals surface area contributed by atoms with Crippen LogP contribution >= 0.6 is 12.4 Å². The number of piperazine rings is 1. The molecular formula is C14H20ClF2N3O3S. The number of hydrogen-bond acceptors (Lipinski definition) is 5. The number of amides is 1. The Balaban J connectivity index is 0.00000288. The molecule has 2 rings (SSSR count). The van der Waals surface area contributed by atoms with Crippen molar-refractivity contribution in [2.45, 2.75) is 23.6 Å². The second-order valence-electron chi connectivity index (χ2n) is 5.37. The van der Waals surface area contributed by atoms with Gasteiger partial charge in [0.1, 0.15) is 0 Å². The quantitative estimate of drug-likeness (QED) is 0.802. The first-order valence-electron chi connectivity index (χ1n) is 7.18. The fourth-order valence-corrected chi connectivity index (χ4v) is 3.29. The molecule has 0 aliphatic carbocycles. The molecule has 1 aromatic rings. The highest BCUT2D eigenvalue weighted by atomic mass is 35.5. The van der Waals surface area contributed by atoms with E-state index in [0.29, 0.717) is 6.54 Å². The van der Waals surface area contributed by atoms with Gasteiger partial charge < -0.3 is 10.6 Å². The highest BCUT2D eigenvalue weighted by molar-refractivity contribution is 7.91. The van der Waals surface area contributed by atoms with Gasteiger partial charge in [0.2, 0.25) is 15.7 Å². The largest absolute Gasteiger partial charge is 0.341 e. The first-order chi connectivity index (χ1) is 10.8. The van der Waals surface area contributed by atoms with Crippen LogP contribution in [-0.4, -0.2) is 57.2 Å². The Bertz CT molecular complexity index is 673. The highest BCUT2D eigenvalue weighted by Crippen LogP contribution is 2.26. The summed E-state index contributed by atoms with van der Waals surface area (Å²) < 4.78 is 48.8. The standard InChI is InChI=1S/C14H19F2N3O3S.ClH/c1-10-8-17-6-7-19(10)9-13(20)18-11-4-2-3-5-12(11)23(21,22)14(15)16;/h2-5,10,14,17H,6-9H2,1H3,(H,18,20);1H/t10-;/m0./s1. The Labute approximate surface area is 145 Å². The molecule has 1 aromatic carbocycles. The van der Waals surface area contributed by atoms with E-state index in [-0.39, 0.29) is 30.7 Å². The molecule has 0 spiro atoms. The van der Waals surface area contributed by atoms with Gasteiger partial charge in [0.05, 0.1) is 17.1 Å². The van der Waals surface area contributed by atoms with Gasteiger partial charge >= 0.3 is 5.76 Å². The van der Waals surface area contributed by atoms with Crippen LogP contribution in [0.15, 0.2) is 29.2 Å². The SMILES string of the molecule is C[C@H]1CNCCN1CC(=O)Nc1ccccc1S(=O)(=O)C(F)F.Cl. The van der Waals surface area contributed by atoms with Crippen LogP contribution in [0.3, 0.4) is 0 Å². The Morgan fingerprint density at radius 3 is 2.71 bits per heavy atom. The number of alkyl halides is 2. The Kier molecular flexibility index (Phi) is 7.53. The number of carbonyl (C=O) groups is 1. The zero-order valence-electron chi connectivity index (χ0n) is 13.0. The lowest BCUT2D eigenvalue weighted by Crippen LogP contribution is -2.52. The van der Waals surface area contributed by atoms with Gasteiger partial charge in [0, 0.05) is 25.7 Å². The molecule has 1 aliphatic heterocycles. The minimum absolute atomic E-state index is 0. The van der Waals surface area contributed by atoms with Crippen LogP contribution < -0.4 is 10.6 Å². The molecule has 1 saturated heterocycles. The molecule has 0 radical (unpaired) electrons. The second-order valence-corrected chi connectivity index (χ2v) is 7.26. The van der Waals surface area contributed by atoms with Crippen molar-refractivity contribution < 1.29 is 22.0 Å². The molecule has 0 aromatic heterocycles. The molecule has 0 bridgehead atoms. The van der Waals surface area contributed by atoms with Crippen LogP contribution in [0.5, 0.6) is 0 Å². The molecule has 0 unspecified atom stereocenters. The summed E-state index contributed by atoms with van der Waals surface area (Å²) in [5, 5.41) is 5.62. The predicted octanol–water partition coefficient (Wildman–Crippen LogP) is 1.34. The molecule has 136 valence electrons. The number of nitrogens with zero attached hydrogens (tertiary/aromatic N) is 1. The average molecular weight is 384 g/mol. The predicted molar refractivity (Wildman–Crippen MR) is 89.4 cm³/mol. The van der Waals surface area contributed by atoms with Crippen LogP contribution in [-0.2, 0) is 14.6 Å². The van der Waals surface area contributed by atoms with Crippen LogP contribution in [0.25, 0.3) is 0 Å². The highest BCUT2D eigenvalue weighted by Gasteiger charge is 2.29. The maximum absolute atomic E-state index is 12.7. The molecule has 6 nitrogen and oxygen atoms in total. The zero-order chi connectivity index (χ0) is 17.0. The summed E-state index contributed by atoms with van der Waals surface area (Å²) in [6.45, 7) is 4.24. The summed E-state index contributed by atoms with van der Waals surface area (Å²) in [5.74, 6) is -3.97. The van der Waals surface area contributed by atoms with Crippen molar-refractivity contribution in [2.24, 2.45) is 0 Å². The molecule has 1 amide bonds. The number of rotatable bonds is 5. The fourth-order valence-electron chi connectivity index (χ4n) is 2.41. The molecule has 1 aliphatic rings. The molecule has 0 saturated carbocycles. The molecule has 1 atom stereocenters. The Morgan fingerprint density at radius 2 is 2.08 bits per heavy atom. The molecule has 1 fully saturated rings. The lowest BCUT2D eigenvalue weighted by atomic mass is 10.2. The van der Waals surface area contributed by atoms with E-state index in [2.05, 4.69) is 10.6 Å². The maximum Gasteiger partial charge on any atom is 0.341 e. The van der Waals surface area contributed by atoms with E-state index in [4.69, 9.17) is 0 Å². The van der Waals surface area contributed by atoms with Crippen molar-refractivity contribution in [3.8, 4) is 0 Å².